The largest absolute Gasteiger partial charge is 0.497 e. The van der Waals surface area contributed by atoms with Crippen LogP contribution in [-0.2, 0) is 11.2 Å². The van der Waals surface area contributed by atoms with Gasteiger partial charge in [0.05, 0.1) is 25.5 Å². The van der Waals surface area contributed by atoms with E-state index in [9.17, 15) is 19.5 Å². The topological polar surface area (TPSA) is 94.8 Å². The molecular formula is C26H25NO6. The van der Waals surface area contributed by atoms with Crippen LogP contribution in [0, 0.1) is 5.92 Å². The molecule has 1 N–H and O–H groups in total. The second-order valence-corrected chi connectivity index (χ2v) is 8.44. The molecule has 2 heterocycles. The van der Waals surface area contributed by atoms with Gasteiger partial charge in [-0.3, -0.25) is 4.79 Å². The van der Waals surface area contributed by atoms with E-state index >= 15 is 0 Å². The van der Waals surface area contributed by atoms with Crippen LogP contribution in [0.2, 0.25) is 0 Å². The van der Waals surface area contributed by atoms with Crippen LogP contribution in [-0.4, -0.2) is 35.8 Å². The van der Waals surface area contributed by atoms with Crippen molar-refractivity contribution in [3.05, 3.63) is 75.6 Å². The van der Waals surface area contributed by atoms with Crippen LogP contribution in [0.4, 0.5) is 0 Å². The highest BCUT2D eigenvalue weighted by Crippen LogP contribution is 2.41. The third kappa shape index (κ3) is 3.91. The molecule has 4 rings (SSSR count). The average Bonchev–Trinajstić information content (AvgIpc) is 2.81. The number of hydrogen-bond donors (Lipinski definition) is 1. The number of rotatable bonds is 5. The molecule has 2 aromatic carbocycles. The number of pyridine rings is 1. The summed E-state index contributed by atoms with van der Waals surface area (Å²) in [7, 11) is 2.92. The molecule has 1 aromatic heterocycles. The molecule has 1 aliphatic rings. The molecule has 3 aromatic rings. The van der Waals surface area contributed by atoms with Crippen LogP contribution in [0.25, 0.3) is 22.4 Å². The Labute approximate surface area is 191 Å². The van der Waals surface area contributed by atoms with Gasteiger partial charge in [-0.05, 0) is 53.3 Å². The number of carboxylic acids is 1. The van der Waals surface area contributed by atoms with Crippen molar-refractivity contribution in [2.75, 3.05) is 14.2 Å². The molecule has 0 fully saturated rings. The quantitative estimate of drug-likeness (QED) is 0.582. The van der Waals surface area contributed by atoms with E-state index in [0.717, 1.165) is 22.3 Å². The van der Waals surface area contributed by atoms with Crippen LogP contribution in [0.1, 0.15) is 46.2 Å². The van der Waals surface area contributed by atoms with Crippen molar-refractivity contribution < 1.29 is 24.2 Å². The van der Waals surface area contributed by atoms with E-state index in [1.165, 1.54) is 19.4 Å². The normalized spacial score (nSPS) is 14.4. The number of fused-ring (bicyclic) bond motifs is 3. The molecule has 0 amide bonds. The monoisotopic (exact) mass is 447 g/mol. The van der Waals surface area contributed by atoms with Gasteiger partial charge in [-0.1, -0.05) is 26.0 Å². The van der Waals surface area contributed by atoms with Crippen molar-refractivity contribution in [1.82, 2.24) is 4.57 Å². The standard InChI is InChI=1S/C26H25NO6/c1-14(2)22-10-16-9-18(15-5-7-17(32-3)8-6-15)20(26(31)33-4)11-19(16)23-12-24(28)21(25(29)30)13-27(22)23/h5-9,11-14,22H,10H2,1-4H3,(H,29,30). The van der Waals surface area contributed by atoms with Gasteiger partial charge in [0.15, 0.2) is 5.43 Å². The maximum absolute atomic E-state index is 12.7. The Morgan fingerprint density at radius 2 is 1.73 bits per heavy atom. The Kier molecular flexibility index (Phi) is 5.80. The molecular weight excluding hydrogens is 422 g/mol. The summed E-state index contributed by atoms with van der Waals surface area (Å²) in [4.78, 5) is 36.8. The SMILES string of the molecule is COC(=O)c1cc2c(cc1-c1ccc(OC)cc1)CC(C(C)C)n1cc(C(=O)O)c(=O)cc1-2. The second kappa shape index (κ2) is 8.58. The van der Waals surface area contributed by atoms with Crippen LogP contribution in [0.15, 0.2) is 53.5 Å². The highest BCUT2D eigenvalue weighted by molar-refractivity contribution is 5.99. The lowest BCUT2D eigenvalue weighted by Crippen LogP contribution is -2.28. The van der Waals surface area contributed by atoms with E-state index in [-0.39, 0.29) is 17.5 Å². The van der Waals surface area contributed by atoms with Crippen LogP contribution in [0.3, 0.4) is 0 Å². The number of hydrogen-bond acceptors (Lipinski definition) is 5. The summed E-state index contributed by atoms with van der Waals surface area (Å²) >= 11 is 0. The first kappa shape index (κ1) is 22.3. The van der Waals surface area contributed by atoms with E-state index < -0.39 is 17.4 Å². The zero-order valence-electron chi connectivity index (χ0n) is 18.9. The third-order valence-electron chi connectivity index (χ3n) is 6.19. The van der Waals surface area contributed by atoms with Crippen molar-refractivity contribution in [3.8, 4) is 28.1 Å². The second-order valence-electron chi connectivity index (χ2n) is 8.44. The summed E-state index contributed by atoms with van der Waals surface area (Å²) in [5, 5.41) is 9.45. The van der Waals surface area contributed by atoms with Crippen LogP contribution < -0.4 is 10.2 Å². The minimum Gasteiger partial charge on any atom is -0.497 e. The fourth-order valence-corrected chi connectivity index (χ4v) is 4.42. The van der Waals surface area contributed by atoms with Crippen molar-refractivity contribution in [3.63, 3.8) is 0 Å². The predicted molar refractivity (Wildman–Crippen MR) is 124 cm³/mol. The molecule has 0 bridgehead atoms. The number of aromatic nitrogens is 1. The third-order valence-corrected chi connectivity index (χ3v) is 6.19. The van der Waals surface area contributed by atoms with E-state index in [1.54, 1.807) is 13.2 Å². The van der Waals surface area contributed by atoms with Crippen molar-refractivity contribution in [2.45, 2.75) is 26.3 Å². The van der Waals surface area contributed by atoms with Crippen LogP contribution in [0.5, 0.6) is 5.75 Å². The molecule has 1 atom stereocenters. The Balaban J connectivity index is 1.99. The molecule has 170 valence electrons. The summed E-state index contributed by atoms with van der Waals surface area (Å²) in [6.07, 6.45) is 2.05. The maximum Gasteiger partial charge on any atom is 0.341 e. The van der Waals surface area contributed by atoms with Gasteiger partial charge in [-0.15, -0.1) is 0 Å². The zero-order chi connectivity index (χ0) is 23.9. The highest BCUT2D eigenvalue weighted by Gasteiger charge is 2.30. The molecule has 1 aliphatic heterocycles. The molecule has 7 nitrogen and oxygen atoms in total. The number of carbonyl (C=O) groups excluding carboxylic acids is 1. The first-order chi connectivity index (χ1) is 15.7. The van der Waals surface area contributed by atoms with Gasteiger partial charge in [0.25, 0.3) is 0 Å². The Bertz CT molecular complexity index is 1300. The van der Waals surface area contributed by atoms with Crippen LogP contribution >= 0.6 is 0 Å². The number of benzene rings is 2. The number of nitrogens with zero attached hydrogens (tertiary/aromatic N) is 1. The van der Waals surface area contributed by atoms with Gasteiger partial charge >= 0.3 is 11.9 Å². The van der Waals surface area contributed by atoms with E-state index in [0.29, 0.717) is 23.4 Å². The van der Waals surface area contributed by atoms with Gasteiger partial charge in [-0.25, -0.2) is 9.59 Å². The van der Waals surface area contributed by atoms with E-state index in [4.69, 9.17) is 9.47 Å². The summed E-state index contributed by atoms with van der Waals surface area (Å²) in [6, 6.07) is 12.4. The molecule has 0 saturated heterocycles. The first-order valence-corrected chi connectivity index (χ1v) is 10.6. The first-order valence-electron chi connectivity index (χ1n) is 10.6. The maximum atomic E-state index is 12.7. The lowest BCUT2D eigenvalue weighted by Gasteiger charge is -2.34. The lowest BCUT2D eigenvalue weighted by atomic mass is 9.84. The molecule has 33 heavy (non-hydrogen) atoms. The Morgan fingerprint density at radius 1 is 1.03 bits per heavy atom. The smallest absolute Gasteiger partial charge is 0.341 e. The average molecular weight is 447 g/mol. The minimum atomic E-state index is -1.26. The van der Waals surface area contributed by atoms with Crippen molar-refractivity contribution >= 4 is 11.9 Å². The highest BCUT2D eigenvalue weighted by atomic mass is 16.5. The number of esters is 1. The molecule has 0 spiro atoms. The summed E-state index contributed by atoms with van der Waals surface area (Å²) in [6.45, 7) is 4.12. The Morgan fingerprint density at radius 3 is 2.30 bits per heavy atom. The zero-order valence-corrected chi connectivity index (χ0v) is 18.9. The van der Waals surface area contributed by atoms with Crippen molar-refractivity contribution in [2.24, 2.45) is 5.92 Å². The number of carbonyl (C=O) groups is 2. The number of aromatic carboxylic acids is 1. The summed E-state index contributed by atoms with van der Waals surface area (Å²) in [5.74, 6) is -0.858. The number of methoxy groups -OCH3 is 2. The van der Waals surface area contributed by atoms with E-state index in [2.05, 4.69) is 13.8 Å². The summed E-state index contributed by atoms with van der Waals surface area (Å²) < 4.78 is 12.1. The fraction of sp³-hybridized carbons (Fsp3) is 0.269. The van der Waals surface area contributed by atoms with E-state index in [1.807, 2.05) is 34.9 Å². The molecule has 0 radical (unpaired) electrons. The van der Waals surface area contributed by atoms with Gasteiger partial charge in [0.1, 0.15) is 11.3 Å². The molecule has 0 aliphatic carbocycles. The van der Waals surface area contributed by atoms with Gasteiger partial charge in [0.2, 0.25) is 0 Å². The van der Waals surface area contributed by atoms with Crippen molar-refractivity contribution in [1.29, 1.82) is 0 Å². The Hall–Kier alpha value is -3.87. The number of carboxylic acid groups (broad SMARTS) is 1. The van der Waals surface area contributed by atoms with Gasteiger partial charge in [0, 0.05) is 23.9 Å². The minimum absolute atomic E-state index is 0.0427. The molecule has 7 heteroatoms. The molecule has 0 saturated carbocycles. The van der Waals surface area contributed by atoms with Gasteiger partial charge < -0.3 is 19.1 Å². The lowest BCUT2D eigenvalue weighted by molar-refractivity contribution is 0.0600. The fourth-order valence-electron chi connectivity index (χ4n) is 4.42. The molecule has 1 unspecified atom stereocenters. The summed E-state index contributed by atoms with van der Waals surface area (Å²) in [5.41, 5.74) is 3.39. The predicted octanol–water partition coefficient (Wildman–Crippen LogP) is 4.43. The number of ether oxygens (including phenoxy) is 2. The van der Waals surface area contributed by atoms with Gasteiger partial charge in [-0.2, -0.15) is 0 Å².